The lowest BCUT2D eigenvalue weighted by molar-refractivity contribution is 0.139. The lowest BCUT2D eigenvalue weighted by atomic mass is 9.67. The van der Waals surface area contributed by atoms with Gasteiger partial charge in [-0.25, -0.2) is 0 Å². The maximum absolute atomic E-state index is 8.85. The molecule has 0 aliphatic heterocycles. The Balaban J connectivity index is 2.72. The van der Waals surface area contributed by atoms with E-state index >= 15 is 0 Å². The smallest absolute Gasteiger partial charge is 0.0672 e. The third-order valence-corrected chi connectivity index (χ3v) is 3.59. The minimum Gasteiger partial charge on any atom is -0.326 e. The Hall–Kier alpha value is -0.550. The fraction of sp³-hybridized carbons (Fsp3) is 0.900. The van der Waals surface area contributed by atoms with Gasteiger partial charge in [-0.2, -0.15) is 5.26 Å². The predicted molar refractivity (Wildman–Crippen MR) is 49.2 cm³/mol. The van der Waals surface area contributed by atoms with Crippen LogP contribution >= 0.6 is 0 Å². The predicted octanol–water partition coefficient (Wildman–Crippen LogP) is 1.77. The highest BCUT2D eigenvalue weighted by Gasteiger charge is 2.36. The molecule has 0 aromatic carbocycles. The van der Waals surface area contributed by atoms with Crippen LogP contribution in [0.3, 0.4) is 0 Å². The monoisotopic (exact) mass is 166 g/mol. The molecule has 0 aromatic heterocycles. The van der Waals surface area contributed by atoms with Gasteiger partial charge >= 0.3 is 0 Å². The van der Waals surface area contributed by atoms with E-state index < -0.39 is 0 Å². The molecule has 1 rings (SSSR count). The topological polar surface area (TPSA) is 49.8 Å². The van der Waals surface area contributed by atoms with Gasteiger partial charge in [-0.15, -0.1) is 0 Å². The molecule has 0 bridgehead atoms. The van der Waals surface area contributed by atoms with Crippen LogP contribution in [0.2, 0.25) is 0 Å². The summed E-state index contributed by atoms with van der Waals surface area (Å²) in [4.78, 5) is 0. The molecule has 0 radical (unpaired) electrons. The zero-order chi connectivity index (χ0) is 9.30. The van der Waals surface area contributed by atoms with Crippen molar-refractivity contribution in [1.82, 2.24) is 0 Å². The van der Waals surface area contributed by atoms with Crippen molar-refractivity contribution in [2.75, 3.05) is 0 Å². The van der Waals surface area contributed by atoms with Crippen LogP contribution in [0.5, 0.6) is 0 Å². The molecule has 1 aliphatic rings. The number of rotatable bonds is 0. The normalized spacial score (nSPS) is 48.4. The van der Waals surface area contributed by atoms with Gasteiger partial charge in [0.15, 0.2) is 0 Å². The summed E-state index contributed by atoms with van der Waals surface area (Å²) in [7, 11) is 0. The summed E-state index contributed by atoms with van der Waals surface area (Å²) in [6, 6.07) is 2.39. The van der Waals surface area contributed by atoms with Crippen molar-refractivity contribution in [3.05, 3.63) is 0 Å². The first-order valence-electron chi connectivity index (χ1n) is 4.73. The molecule has 4 unspecified atom stereocenters. The third kappa shape index (κ3) is 1.47. The molecular weight excluding hydrogens is 148 g/mol. The molecule has 1 aliphatic carbocycles. The van der Waals surface area contributed by atoms with Crippen molar-refractivity contribution in [3.63, 3.8) is 0 Å². The zero-order valence-corrected chi connectivity index (χ0v) is 8.12. The standard InChI is InChI=1S/C10H18N2/c1-6-4-9(5-11)10(12)8(3)7(6)2/h6-10H,4,12H2,1-3H3/t6-,7?,8?,9?,10?/m1/s1. The maximum Gasteiger partial charge on any atom is 0.0672 e. The molecular formula is C10H18N2. The number of nitrogens with two attached hydrogens (primary N) is 1. The van der Waals surface area contributed by atoms with Crippen molar-refractivity contribution in [3.8, 4) is 6.07 Å². The van der Waals surface area contributed by atoms with Crippen molar-refractivity contribution >= 4 is 0 Å². The van der Waals surface area contributed by atoms with E-state index in [1.54, 1.807) is 0 Å². The minimum atomic E-state index is 0.0752. The van der Waals surface area contributed by atoms with Gasteiger partial charge in [0.25, 0.3) is 0 Å². The average molecular weight is 166 g/mol. The number of hydrogen-bond donors (Lipinski definition) is 1. The summed E-state index contributed by atoms with van der Waals surface area (Å²) in [5.41, 5.74) is 5.96. The van der Waals surface area contributed by atoms with Gasteiger partial charge in [0.05, 0.1) is 12.0 Å². The molecule has 68 valence electrons. The van der Waals surface area contributed by atoms with Crippen LogP contribution in [-0.2, 0) is 0 Å². The van der Waals surface area contributed by atoms with Crippen molar-refractivity contribution in [1.29, 1.82) is 5.26 Å². The average Bonchev–Trinajstić information content (AvgIpc) is 2.08. The van der Waals surface area contributed by atoms with Gasteiger partial charge in [0.2, 0.25) is 0 Å². The summed E-state index contributed by atoms with van der Waals surface area (Å²) >= 11 is 0. The highest BCUT2D eigenvalue weighted by Crippen LogP contribution is 2.36. The molecule has 2 nitrogen and oxygen atoms in total. The molecule has 12 heavy (non-hydrogen) atoms. The Bertz CT molecular complexity index is 195. The number of nitrogens with zero attached hydrogens (tertiary/aromatic N) is 1. The molecule has 0 amide bonds. The first kappa shape index (κ1) is 9.54. The summed E-state index contributed by atoms with van der Waals surface area (Å²) < 4.78 is 0. The van der Waals surface area contributed by atoms with E-state index in [2.05, 4.69) is 26.8 Å². The van der Waals surface area contributed by atoms with Crippen LogP contribution in [0.4, 0.5) is 0 Å². The van der Waals surface area contributed by atoms with E-state index in [9.17, 15) is 0 Å². The molecule has 0 aromatic rings. The van der Waals surface area contributed by atoms with Gasteiger partial charge in [-0.3, -0.25) is 0 Å². The molecule has 0 spiro atoms. The van der Waals surface area contributed by atoms with Crippen molar-refractivity contribution in [2.24, 2.45) is 29.4 Å². The van der Waals surface area contributed by atoms with Gasteiger partial charge in [-0.05, 0) is 24.2 Å². The van der Waals surface area contributed by atoms with Crippen LogP contribution in [0, 0.1) is 35.0 Å². The summed E-state index contributed by atoms with van der Waals surface area (Å²) in [6.45, 7) is 6.62. The fourth-order valence-corrected chi connectivity index (χ4v) is 2.15. The van der Waals surface area contributed by atoms with E-state index in [4.69, 9.17) is 11.0 Å². The van der Waals surface area contributed by atoms with Crippen LogP contribution in [0.15, 0.2) is 0 Å². The van der Waals surface area contributed by atoms with Gasteiger partial charge in [0.1, 0.15) is 0 Å². The highest BCUT2D eigenvalue weighted by molar-refractivity contribution is 4.99. The van der Waals surface area contributed by atoms with E-state index in [1.165, 1.54) is 0 Å². The van der Waals surface area contributed by atoms with Crippen LogP contribution < -0.4 is 5.73 Å². The molecule has 0 heterocycles. The molecule has 1 fully saturated rings. The Morgan fingerprint density at radius 3 is 2.33 bits per heavy atom. The van der Waals surface area contributed by atoms with Crippen molar-refractivity contribution in [2.45, 2.75) is 33.2 Å². The van der Waals surface area contributed by atoms with Crippen LogP contribution in [-0.4, -0.2) is 6.04 Å². The largest absolute Gasteiger partial charge is 0.326 e. The lowest BCUT2D eigenvalue weighted by Crippen LogP contribution is -2.45. The Kier molecular flexibility index (Phi) is 2.74. The highest BCUT2D eigenvalue weighted by atomic mass is 14.7. The van der Waals surface area contributed by atoms with E-state index in [0.717, 1.165) is 6.42 Å². The Morgan fingerprint density at radius 2 is 1.83 bits per heavy atom. The number of nitriles is 1. The Labute approximate surface area is 74.8 Å². The van der Waals surface area contributed by atoms with E-state index in [-0.39, 0.29) is 12.0 Å². The molecule has 2 heteroatoms. The van der Waals surface area contributed by atoms with Gasteiger partial charge in [-0.1, -0.05) is 20.8 Å². The molecule has 5 atom stereocenters. The molecule has 2 N–H and O–H groups in total. The first-order chi connectivity index (χ1) is 5.57. The SMILES string of the molecule is CC1C(N)C(C#N)C[C@@H](C)C1C. The second-order valence-electron chi connectivity index (χ2n) is 4.24. The second-order valence-corrected chi connectivity index (χ2v) is 4.24. The third-order valence-electron chi connectivity index (χ3n) is 3.59. The summed E-state index contributed by atoms with van der Waals surface area (Å²) in [5, 5.41) is 8.85. The minimum absolute atomic E-state index is 0.0752. The van der Waals surface area contributed by atoms with E-state index in [1.807, 2.05) is 0 Å². The first-order valence-corrected chi connectivity index (χ1v) is 4.73. The van der Waals surface area contributed by atoms with Crippen LogP contribution in [0.25, 0.3) is 0 Å². The molecule has 0 saturated heterocycles. The van der Waals surface area contributed by atoms with Crippen LogP contribution in [0.1, 0.15) is 27.2 Å². The summed E-state index contributed by atoms with van der Waals surface area (Å²) in [5.74, 6) is 1.86. The van der Waals surface area contributed by atoms with Gasteiger partial charge in [0, 0.05) is 6.04 Å². The van der Waals surface area contributed by atoms with Gasteiger partial charge < -0.3 is 5.73 Å². The molecule has 1 saturated carbocycles. The quantitative estimate of drug-likeness (QED) is 0.596. The zero-order valence-electron chi connectivity index (χ0n) is 8.12. The second kappa shape index (κ2) is 3.45. The fourth-order valence-electron chi connectivity index (χ4n) is 2.15. The van der Waals surface area contributed by atoms with Crippen molar-refractivity contribution < 1.29 is 0 Å². The lowest BCUT2D eigenvalue weighted by Gasteiger charge is -2.39. The number of hydrogen-bond acceptors (Lipinski definition) is 2. The summed E-state index contributed by atoms with van der Waals surface area (Å²) in [6.07, 6.45) is 0.975. The Morgan fingerprint density at radius 1 is 1.25 bits per heavy atom. The maximum atomic E-state index is 8.85. The van der Waals surface area contributed by atoms with E-state index in [0.29, 0.717) is 17.8 Å².